The molecular formula is C11H21ClF2N2O2. The molecule has 0 aromatic rings. The van der Waals surface area contributed by atoms with Gasteiger partial charge in [-0.1, -0.05) is 6.42 Å². The maximum atomic E-state index is 12.9. The average molecular weight is 287 g/mol. The van der Waals surface area contributed by atoms with Crippen LogP contribution >= 0.6 is 12.4 Å². The lowest BCUT2D eigenvalue weighted by Gasteiger charge is -2.40. The van der Waals surface area contributed by atoms with E-state index in [2.05, 4.69) is 5.32 Å². The summed E-state index contributed by atoms with van der Waals surface area (Å²) in [6.07, 6.45) is 3.04. The molecule has 0 heterocycles. The number of ether oxygens (including phenoxy) is 1. The largest absolute Gasteiger partial charge is 0.385 e. The van der Waals surface area contributed by atoms with Crippen molar-refractivity contribution in [2.24, 2.45) is 11.1 Å². The van der Waals surface area contributed by atoms with Gasteiger partial charge in [-0.05, 0) is 19.3 Å². The molecule has 1 fully saturated rings. The van der Waals surface area contributed by atoms with Crippen molar-refractivity contribution in [3.05, 3.63) is 0 Å². The predicted molar refractivity (Wildman–Crippen MR) is 67.0 cm³/mol. The molecule has 0 bridgehead atoms. The van der Waals surface area contributed by atoms with Gasteiger partial charge in [0, 0.05) is 13.7 Å². The highest BCUT2D eigenvalue weighted by atomic mass is 35.5. The average Bonchev–Trinajstić information content (AvgIpc) is 2.25. The van der Waals surface area contributed by atoms with Crippen molar-refractivity contribution in [3.8, 4) is 0 Å². The molecule has 1 aliphatic rings. The third kappa shape index (κ3) is 4.33. The fourth-order valence-corrected chi connectivity index (χ4v) is 1.96. The van der Waals surface area contributed by atoms with Crippen LogP contribution in [0.25, 0.3) is 0 Å². The molecule has 0 spiro atoms. The number of rotatable bonds is 7. The van der Waals surface area contributed by atoms with E-state index in [0.717, 1.165) is 19.3 Å². The number of carbonyl (C=O) groups is 1. The summed E-state index contributed by atoms with van der Waals surface area (Å²) in [7, 11) is 1.56. The second-order valence-corrected chi connectivity index (χ2v) is 4.62. The second-order valence-electron chi connectivity index (χ2n) is 4.62. The Balaban J connectivity index is 0.00000289. The lowest BCUT2D eigenvalue weighted by Crippen LogP contribution is -2.50. The molecule has 1 rings (SSSR count). The van der Waals surface area contributed by atoms with Crippen LogP contribution in [-0.2, 0) is 9.53 Å². The summed E-state index contributed by atoms with van der Waals surface area (Å²) >= 11 is 0. The van der Waals surface area contributed by atoms with Crippen molar-refractivity contribution < 1.29 is 18.3 Å². The molecule has 1 aliphatic carbocycles. The molecule has 0 aromatic carbocycles. The maximum Gasteiger partial charge on any atom is 0.277 e. The van der Waals surface area contributed by atoms with Gasteiger partial charge in [0.15, 0.2) is 0 Å². The SMILES string of the molecule is COCCC1(C(=O)NCC(F)(F)CN)CCC1.Cl. The minimum atomic E-state index is -3.03. The number of nitrogens with one attached hydrogen (secondary N) is 1. The van der Waals surface area contributed by atoms with Gasteiger partial charge in [-0.3, -0.25) is 4.79 Å². The Morgan fingerprint density at radius 2 is 2.11 bits per heavy atom. The van der Waals surface area contributed by atoms with Crippen LogP contribution in [0.3, 0.4) is 0 Å². The first kappa shape index (κ1) is 17.5. The van der Waals surface area contributed by atoms with Crippen molar-refractivity contribution in [1.29, 1.82) is 0 Å². The molecule has 0 radical (unpaired) electrons. The smallest absolute Gasteiger partial charge is 0.277 e. The van der Waals surface area contributed by atoms with Gasteiger partial charge in [-0.25, -0.2) is 8.78 Å². The summed E-state index contributed by atoms with van der Waals surface area (Å²) in [5.74, 6) is -3.32. The Hall–Kier alpha value is -0.460. The van der Waals surface area contributed by atoms with E-state index in [0.29, 0.717) is 13.0 Å². The number of hydrogen-bond acceptors (Lipinski definition) is 3. The summed E-state index contributed by atoms with van der Waals surface area (Å²) in [5.41, 5.74) is 4.41. The summed E-state index contributed by atoms with van der Waals surface area (Å²) in [4.78, 5) is 11.9. The fourth-order valence-electron chi connectivity index (χ4n) is 1.96. The minimum Gasteiger partial charge on any atom is -0.385 e. The Morgan fingerprint density at radius 1 is 1.50 bits per heavy atom. The van der Waals surface area contributed by atoms with E-state index < -0.39 is 24.4 Å². The van der Waals surface area contributed by atoms with Gasteiger partial charge in [0.2, 0.25) is 5.91 Å². The van der Waals surface area contributed by atoms with E-state index >= 15 is 0 Å². The van der Waals surface area contributed by atoms with Crippen molar-refractivity contribution >= 4 is 18.3 Å². The summed E-state index contributed by atoms with van der Waals surface area (Å²) in [6, 6.07) is 0. The van der Waals surface area contributed by atoms with E-state index in [9.17, 15) is 13.6 Å². The summed E-state index contributed by atoms with van der Waals surface area (Å²) in [6.45, 7) is -0.962. The first-order valence-corrected chi connectivity index (χ1v) is 5.81. The standard InChI is InChI=1S/C11H20F2N2O2.ClH/c1-17-6-5-10(3-2-4-10)9(16)15-8-11(12,13)7-14;/h2-8,14H2,1H3,(H,15,16);1H. The van der Waals surface area contributed by atoms with Crippen LogP contribution in [0, 0.1) is 5.41 Å². The van der Waals surface area contributed by atoms with Crippen LogP contribution in [0.1, 0.15) is 25.7 Å². The Kier molecular flexibility index (Phi) is 7.02. The van der Waals surface area contributed by atoms with Crippen molar-refractivity contribution in [3.63, 3.8) is 0 Å². The second kappa shape index (κ2) is 7.21. The zero-order chi connectivity index (χ0) is 12.9. The molecule has 4 nitrogen and oxygen atoms in total. The van der Waals surface area contributed by atoms with Gasteiger partial charge in [0.1, 0.15) is 0 Å². The van der Waals surface area contributed by atoms with Gasteiger partial charge in [-0.2, -0.15) is 0 Å². The number of hydrogen-bond donors (Lipinski definition) is 2. The van der Waals surface area contributed by atoms with E-state index in [1.54, 1.807) is 7.11 Å². The quantitative estimate of drug-likeness (QED) is 0.742. The van der Waals surface area contributed by atoms with Crippen molar-refractivity contribution in [1.82, 2.24) is 5.32 Å². The normalized spacial score (nSPS) is 17.6. The van der Waals surface area contributed by atoms with Crippen molar-refractivity contribution in [2.75, 3.05) is 26.8 Å². The van der Waals surface area contributed by atoms with E-state index in [1.807, 2.05) is 0 Å². The van der Waals surface area contributed by atoms with Crippen LogP contribution in [0.4, 0.5) is 8.78 Å². The van der Waals surface area contributed by atoms with Crippen molar-refractivity contribution in [2.45, 2.75) is 31.6 Å². The van der Waals surface area contributed by atoms with Gasteiger partial charge >= 0.3 is 0 Å². The van der Waals surface area contributed by atoms with Gasteiger partial charge < -0.3 is 15.8 Å². The number of methoxy groups -OCH3 is 1. The molecule has 0 aromatic heterocycles. The maximum absolute atomic E-state index is 12.9. The molecule has 18 heavy (non-hydrogen) atoms. The highest BCUT2D eigenvalue weighted by Gasteiger charge is 2.44. The molecule has 1 saturated carbocycles. The third-order valence-electron chi connectivity index (χ3n) is 3.38. The van der Waals surface area contributed by atoms with Gasteiger partial charge in [0.25, 0.3) is 5.92 Å². The lowest BCUT2D eigenvalue weighted by atomic mass is 9.66. The first-order valence-electron chi connectivity index (χ1n) is 5.81. The molecule has 1 amide bonds. The highest BCUT2D eigenvalue weighted by Crippen LogP contribution is 2.44. The first-order chi connectivity index (χ1) is 7.96. The monoisotopic (exact) mass is 286 g/mol. The number of amides is 1. The van der Waals surface area contributed by atoms with Crippen LogP contribution in [0.2, 0.25) is 0 Å². The Labute approximate surface area is 112 Å². The number of nitrogens with two attached hydrogens (primary N) is 1. The summed E-state index contributed by atoms with van der Waals surface area (Å²) < 4.78 is 30.8. The van der Waals surface area contributed by atoms with Crippen LogP contribution in [0.15, 0.2) is 0 Å². The van der Waals surface area contributed by atoms with E-state index in [4.69, 9.17) is 10.5 Å². The topological polar surface area (TPSA) is 64.3 Å². The van der Waals surface area contributed by atoms with Gasteiger partial charge in [0.05, 0.1) is 18.5 Å². The van der Waals surface area contributed by atoms with E-state index in [1.165, 1.54) is 0 Å². The molecule has 108 valence electrons. The van der Waals surface area contributed by atoms with Crippen LogP contribution in [-0.4, -0.2) is 38.6 Å². The van der Waals surface area contributed by atoms with E-state index in [-0.39, 0.29) is 18.3 Å². The Morgan fingerprint density at radius 3 is 2.50 bits per heavy atom. The fraction of sp³-hybridized carbons (Fsp3) is 0.909. The third-order valence-corrected chi connectivity index (χ3v) is 3.38. The molecular weight excluding hydrogens is 266 g/mol. The molecule has 0 aliphatic heterocycles. The van der Waals surface area contributed by atoms with Gasteiger partial charge in [-0.15, -0.1) is 12.4 Å². The predicted octanol–water partition coefficient (Wildman–Crippen LogP) is 1.33. The van der Waals surface area contributed by atoms with Crippen LogP contribution < -0.4 is 11.1 Å². The highest BCUT2D eigenvalue weighted by molar-refractivity contribution is 5.85. The zero-order valence-corrected chi connectivity index (χ0v) is 11.3. The summed E-state index contributed by atoms with van der Waals surface area (Å²) in [5, 5.41) is 2.30. The zero-order valence-electron chi connectivity index (χ0n) is 10.5. The number of alkyl halides is 2. The minimum absolute atomic E-state index is 0. The molecule has 3 N–H and O–H groups in total. The molecule has 0 atom stereocenters. The van der Waals surface area contributed by atoms with Crippen LogP contribution in [0.5, 0.6) is 0 Å². The lowest BCUT2D eigenvalue weighted by molar-refractivity contribution is -0.139. The number of halogens is 3. The Bertz CT molecular complexity index is 274. The molecule has 7 heteroatoms. The molecule has 0 saturated heterocycles. The molecule has 0 unspecified atom stereocenters. The number of carbonyl (C=O) groups excluding carboxylic acids is 1.